The van der Waals surface area contributed by atoms with Crippen LogP contribution in [0.3, 0.4) is 0 Å². The van der Waals surface area contributed by atoms with E-state index in [9.17, 15) is 9.59 Å². The van der Waals surface area contributed by atoms with Crippen molar-refractivity contribution in [3.63, 3.8) is 0 Å². The standard InChI is InChI=1S/C11H21N3O3S/c1-7(2)9(10(12)18)11(16)14-6-8(15)13-4-5-17-3/h7,9H,4-6H2,1-3H3,(H2,12,18)(H,13,15)(H,14,16). The Hall–Kier alpha value is -1.21. The molecule has 0 aliphatic carbocycles. The average Bonchev–Trinajstić information content (AvgIpc) is 2.25. The predicted octanol–water partition coefficient (Wildman–Crippen LogP) is -0.576. The summed E-state index contributed by atoms with van der Waals surface area (Å²) in [6.07, 6.45) is 0. The molecule has 6 nitrogen and oxygen atoms in total. The highest BCUT2D eigenvalue weighted by Gasteiger charge is 2.24. The summed E-state index contributed by atoms with van der Waals surface area (Å²) >= 11 is 4.83. The molecular weight excluding hydrogens is 254 g/mol. The number of rotatable bonds is 8. The molecule has 4 N–H and O–H groups in total. The largest absolute Gasteiger partial charge is 0.393 e. The molecule has 2 amide bonds. The first kappa shape index (κ1) is 16.8. The zero-order valence-electron chi connectivity index (χ0n) is 11.0. The number of thiocarbonyl (C=S) groups is 1. The number of methoxy groups -OCH3 is 1. The Balaban J connectivity index is 4.08. The molecule has 0 bridgehead atoms. The highest BCUT2D eigenvalue weighted by molar-refractivity contribution is 7.80. The van der Waals surface area contributed by atoms with Gasteiger partial charge in [0, 0.05) is 13.7 Å². The van der Waals surface area contributed by atoms with Gasteiger partial charge in [-0.15, -0.1) is 0 Å². The molecule has 1 atom stereocenters. The van der Waals surface area contributed by atoms with E-state index in [0.717, 1.165) is 0 Å². The second kappa shape index (κ2) is 8.82. The van der Waals surface area contributed by atoms with Crippen LogP contribution in [0.25, 0.3) is 0 Å². The van der Waals surface area contributed by atoms with Gasteiger partial charge in [-0.05, 0) is 5.92 Å². The normalized spacial score (nSPS) is 12.0. The number of hydrogen-bond acceptors (Lipinski definition) is 4. The minimum Gasteiger partial charge on any atom is -0.393 e. The van der Waals surface area contributed by atoms with Gasteiger partial charge in [-0.1, -0.05) is 26.1 Å². The van der Waals surface area contributed by atoms with Crippen LogP contribution in [0.15, 0.2) is 0 Å². The van der Waals surface area contributed by atoms with E-state index in [1.165, 1.54) is 0 Å². The second-order valence-electron chi connectivity index (χ2n) is 4.18. The summed E-state index contributed by atoms with van der Waals surface area (Å²) in [6, 6.07) is 0. The lowest BCUT2D eigenvalue weighted by molar-refractivity contribution is -0.127. The molecule has 1 unspecified atom stereocenters. The van der Waals surface area contributed by atoms with Crippen LogP contribution < -0.4 is 16.4 Å². The summed E-state index contributed by atoms with van der Waals surface area (Å²) in [5.41, 5.74) is 5.50. The monoisotopic (exact) mass is 275 g/mol. The highest BCUT2D eigenvalue weighted by atomic mass is 32.1. The van der Waals surface area contributed by atoms with Gasteiger partial charge in [0.1, 0.15) is 0 Å². The first-order valence-electron chi connectivity index (χ1n) is 5.72. The second-order valence-corrected chi connectivity index (χ2v) is 4.66. The molecule has 7 heteroatoms. The van der Waals surface area contributed by atoms with Crippen LogP contribution in [0.4, 0.5) is 0 Å². The van der Waals surface area contributed by atoms with Crippen molar-refractivity contribution >= 4 is 29.0 Å². The van der Waals surface area contributed by atoms with E-state index < -0.39 is 5.92 Å². The molecule has 0 aromatic rings. The number of ether oxygens (including phenoxy) is 1. The van der Waals surface area contributed by atoms with E-state index in [1.54, 1.807) is 7.11 Å². The maximum absolute atomic E-state index is 11.8. The minimum atomic E-state index is -0.549. The van der Waals surface area contributed by atoms with Crippen LogP contribution in [0, 0.1) is 11.8 Å². The lowest BCUT2D eigenvalue weighted by Gasteiger charge is -2.18. The maximum Gasteiger partial charge on any atom is 0.239 e. The van der Waals surface area contributed by atoms with Crippen molar-refractivity contribution in [3.05, 3.63) is 0 Å². The number of carbonyl (C=O) groups excluding carboxylic acids is 2. The fourth-order valence-corrected chi connectivity index (χ4v) is 1.77. The van der Waals surface area contributed by atoms with E-state index >= 15 is 0 Å². The molecule has 0 aliphatic rings. The summed E-state index contributed by atoms with van der Waals surface area (Å²) < 4.78 is 4.78. The maximum atomic E-state index is 11.8. The van der Waals surface area contributed by atoms with Crippen molar-refractivity contribution in [2.45, 2.75) is 13.8 Å². The van der Waals surface area contributed by atoms with Gasteiger partial charge in [0.05, 0.1) is 24.1 Å². The molecule has 0 fully saturated rings. The Bertz CT molecular complexity index is 308. The fraction of sp³-hybridized carbons (Fsp3) is 0.727. The van der Waals surface area contributed by atoms with Crippen LogP contribution in [0.5, 0.6) is 0 Å². The fourth-order valence-electron chi connectivity index (χ4n) is 1.39. The van der Waals surface area contributed by atoms with Crippen LogP contribution in [-0.4, -0.2) is 43.6 Å². The number of nitrogens with two attached hydrogens (primary N) is 1. The number of hydrogen-bond donors (Lipinski definition) is 3. The van der Waals surface area contributed by atoms with Gasteiger partial charge in [-0.2, -0.15) is 0 Å². The quantitative estimate of drug-likeness (QED) is 0.407. The average molecular weight is 275 g/mol. The van der Waals surface area contributed by atoms with Gasteiger partial charge in [0.25, 0.3) is 0 Å². The molecule has 18 heavy (non-hydrogen) atoms. The Morgan fingerprint density at radius 2 is 1.94 bits per heavy atom. The molecule has 0 radical (unpaired) electrons. The smallest absolute Gasteiger partial charge is 0.239 e. The lowest BCUT2D eigenvalue weighted by atomic mass is 9.95. The molecule has 0 spiro atoms. The van der Waals surface area contributed by atoms with Gasteiger partial charge in [-0.3, -0.25) is 9.59 Å². The SMILES string of the molecule is COCCNC(=O)CNC(=O)C(C(N)=S)C(C)C. The van der Waals surface area contributed by atoms with Gasteiger partial charge in [0.15, 0.2) is 0 Å². The van der Waals surface area contributed by atoms with E-state index in [2.05, 4.69) is 10.6 Å². The van der Waals surface area contributed by atoms with Crippen molar-refractivity contribution in [1.82, 2.24) is 10.6 Å². The van der Waals surface area contributed by atoms with Crippen molar-refractivity contribution in [2.75, 3.05) is 26.8 Å². The van der Waals surface area contributed by atoms with Gasteiger partial charge < -0.3 is 21.1 Å². The predicted molar refractivity (Wildman–Crippen MR) is 73.0 cm³/mol. The first-order chi connectivity index (χ1) is 8.40. The topological polar surface area (TPSA) is 93.5 Å². The third-order valence-electron chi connectivity index (χ3n) is 2.31. The van der Waals surface area contributed by atoms with Gasteiger partial charge in [-0.25, -0.2) is 0 Å². The number of carbonyl (C=O) groups is 2. The Kier molecular flexibility index (Phi) is 8.23. The highest BCUT2D eigenvalue weighted by Crippen LogP contribution is 2.10. The van der Waals surface area contributed by atoms with Crippen LogP contribution in [-0.2, 0) is 14.3 Å². The summed E-state index contributed by atoms with van der Waals surface area (Å²) in [4.78, 5) is 23.3. The van der Waals surface area contributed by atoms with Crippen molar-refractivity contribution in [2.24, 2.45) is 17.6 Å². The van der Waals surface area contributed by atoms with Crippen molar-refractivity contribution in [3.8, 4) is 0 Å². The number of amides is 2. The molecule has 0 aromatic carbocycles. The third-order valence-corrected chi connectivity index (χ3v) is 2.56. The molecule has 0 heterocycles. The summed E-state index contributed by atoms with van der Waals surface area (Å²) in [7, 11) is 1.54. The van der Waals surface area contributed by atoms with Crippen LogP contribution >= 0.6 is 12.2 Å². The van der Waals surface area contributed by atoms with Crippen molar-refractivity contribution < 1.29 is 14.3 Å². The summed E-state index contributed by atoms with van der Waals surface area (Å²) in [5, 5.41) is 5.11. The molecular formula is C11H21N3O3S. The molecule has 0 saturated heterocycles. The lowest BCUT2D eigenvalue weighted by Crippen LogP contribution is -2.45. The molecule has 0 rings (SSSR count). The molecule has 104 valence electrons. The van der Waals surface area contributed by atoms with E-state index in [1.807, 2.05) is 13.8 Å². The summed E-state index contributed by atoms with van der Waals surface area (Å²) in [5.74, 6) is -1.14. The zero-order chi connectivity index (χ0) is 14.1. The van der Waals surface area contributed by atoms with Crippen LogP contribution in [0.1, 0.15) is 13.8 Å². The number of nitrogens with one attached hydrogen (secondary N) is 2. The Labute approximate surface area is 113 Å². The van der Waals surface area contributed by atoms with Gasteiger partial charge >= 0.3 is 0 Å². The molecule has 0 aromatic heterocycles. The van der Waals surface area contributed by atoms with Crippen LogP contribution in [0.2, 0.25) is 0 Å². The molecule has 0 saturated carbocycles. The van der Waals surface area contributed by atoms with E-state index in [0.29, 0.717) is 13.2 Å². The van der Waals surface area contributed by atoms with E-state index in [-0.39, 0.29) is 29.3 Å². The zero-order valence-corrected chi connectivity index (χ0v) is 11.8. The minimum absolute atomic E-state index is 0.000877. The Morgan fingerprint density at radius 1 is 1.33 bits per heavy atom. The first-order valence-corrected chi connectivity index (χ1v) is 6.13. The van der Waals surface area contributed by atoms with Crippen molar-refractivity contribution in [1.29, 1.82) is 0 Å². The van der Waals surface area contributed by atoms with E-state index in [4.69, 9.17) is 22.7 Å². The summed E-state index contributed by atoms with van der Waals surface area (Å²) in [6.45, 7) is 4.45. The third kappa shape index (κ3) is 6.51. The Morgan fingerprint density at radius 3 is 2.39 bits per heavy atom. The molecule has 0 aliphatic heterocycles. The van der Waals surface area contributed by atoms with Gasteiger partial charge in [0.2, 0.25) is 11.8 Å².